The summed E-state index contributed by atoms with van der Waals surface area (Å²) < 4.78 is 1.71. The van der Waals surface area contributed by atoms with E-state index in [4.69, 9.17) is 0 Å². The third-order valence-corrected chi connectivity index (χ3v) is 7.71. The predicted molar refractivity (Wildman–Crippen MR) is 130 cm³/mol. The summed E-state index contributed by atoms with van der Waals surface area (Å²) in [6.45, 7) is 0.406. The van der Waals surface area contributed by atoms with Crippen molar-refractivity contribution in [3.05, 3.63) is 82.8 Å². The van der Waals surface area contributed by atoms with Crippen LogP contribution in [0.4, 0.5) is 0 Å². The molecule has 0 aromatic carbocycles. The fourth-order valence-electron chi connectivity index (χ4n) is 5.81. The topological polar surface area (TPSA) is 117 Å². The van der Waals surface area contributed by atoms with Crippen molar-refractivity contribution in [1.82, 2.24) is 24.8 Å². The number of carbonyl (C=O) groups excluding carboxylic acids is 2. The van der Waals surface area contributed by atoms with E-state index in [1.54, 1.807) is 46.4 Å². The number of aliphatic hydroxyl groups excluding tert-OH is 1. The fraction of sp³-hybridized carbons (Fsp3) is 0.370. The Morgan fingerprint density at radius 3 is 2.56 bits per heavy atom. The van der Waals surface area contributed by atoms with Crippen LogP contribution < -0.4 is 10.9 Å². The van der Waals surface area contributed by atoms with Crippen LogP contribution in [0.1, 0.15) is 30.1 Å². The molecule has 3 aromatic heterocycles. The zero-order chi connectivity index (χ0) is 24.8. The standard InChI is InChI=1S/C27H27N5O4/c33-15-21-20-14-31-22(6-5-19(27(31)36)18-2-1-9-29-13-18)23(20)32(26(35)17-3-4-17)24(21)25(34)30-12-16-7-10-28-11-8-16/h1-2,5-11,13,17,20-21,23-24,33H,3-4,12,14-15H2,(H,30,34)/t20-,21-,23+,24-/m0/s1. The van der Waals surface area contributed by atoms with Crippen molar-refractivity contribution < 1.29 is 14.7 Å². The lowest BCUT2D eigenvalue weighted by Gasteiger charge is -2.31. The molecule has 9 heteroatoms. The van der Waals surface area contributed by atoms with Crippen molar-refractivity contribution >= 4 is 11.8 Å². The van der Waals surface area contributed by atoms with Gasteiger partial charge in [-0.1, -0.05) is 6.07 Å². The van der Waals surface area contributed by atoms with Crippen molar-refractivity contribution in [2.45, 2.75) is 38.0 Å². The third-order valence-electron chi connectivity index (χ3n) is 7.71. The van der Waals surface area contributed by atoms with Crippen molar-refractivity contribution in [3.8, 4) is 11.1 Å². The summed E-state index contributed by atoms with van der Waals surface area (Å²) >= 11 is 0. The van der Waals surface area contributed by atoms with Gasteiger partial charge in [0, 0.05) is 79.1 Å². The molecule has 36 heavy (non-hydrogen) atoms. The molecule has 4 atom stereocenters. The van der Waals surface area contributed by atoms with E-state index < -0.39 is 18.0 Å². The quantitative estimate of drug-likeness (QED) is 0.547. The maximum Gasteiger partial charge on any atom is 0.258 e. The average Bonchev–Trinajstić information content (AvgIpc) is 3.62. The number of carbonyl (C=O) groups is 2. The van der Waals surface area contributed by atoms with Gasteiger partial charge >= 0.3 is 0 Å². The van der Waals surface area contributed by atoms with Gasteiger partial charge in [-0.15, -0.1) is 0 Å². The molecule has 0 spiro atoms. The van der Waals surface area contributed by atoms with E-state index in [0.717, 1.165) is 29.7 Å². The minimum atomic E-state index is -0.790. The van der Waals surface area contributed by atoms with Gasteiger partial charge in [-0.2, -0.15) is 0 Å². The van der Waals surface area contributed by atoms with Crippen LogP contribution in [0.3, 0.4) is 0 Å². The number of likely N-dealkylation sites (tertiary alicyclic amines) is 1. The number of rotatable bonds is 6. The van der Waals surface area contributed by atoms with Gasteiger partial charge in [-0.3, -0.25) is 24.4 Å². The van der Waals surface area contributed by atoms with E-state index in [-0.39, 0.29) is 35.8 Å². The smallest absolute Gasteiger partial charge is 0.258 e. The normalized spacial score (nSPS) is 24.3. The van der Waals surface area contributed by atoms with Gasteiger partial charge in [-0.05, 0) is 48.7 Å². The van der Waals surface area contributed by atoms with Crippen LogP contribution in [0.25, 0.3) is 11.1 Å². The van der Waals surface area contributed by atoms with E-state index in [1.165, 1.54) is 0 Å². The van der Waals surface area contributed by atoms with Gasteiger partial charge in [0.15, 0.2) is 0 Å². The molecule has 1 saturated carbocycles. The van der Waals surface area contributed by atoms with Crippen LogP contribution in [0.15, 0.2) is 66.0 Å². The number of nitrogens with one attached hydrogen (secondary N) is 1. The van der Waals surface area contributed by atoms with Gasteiger partial charge < -0.3 is 19.9 Å². The molecular formula is C27H27N5O4. The minimum absolute atomic E-state index is 0.0674. The lowest BCUT2D eigenvalue weighted by atomic mass is 9.88. The Labute approximate surface area is 207 Å². The molecule has 0 radical (unpaired) electrons. The Balaban J connectivity index is 1.36. The van der Waals surface area contributed by atoms with Crippen molar-refractivity contribution in [2.75, 3.05) is 6.61 Å². The van der Waals surface area contributed by atoms with E-state index in [9.17, 15) is 19.5 Å². The second-order valence-corrected chi connectivity index (χ2v) is 9.82. The number of aromatic nitrogens is 3. The number of nitrogens with zero attached hydrogens (tertiary/aromatic N) is 4. The summed E-state index contributed by atoms with van der Waals surface area (Å²) in [6.07, 6.45) is 8.24. The van der Waals surface area contributed by atoms with Crippen LogP contribution in [0.2, 0.25) is 0 Å². The SMILES string of the molecule is O=C(NCc1ccncc1)[C@@H]1[C@@H](CO)[C@@H]2Cn3c(ccc(-c4cccnc4)c3=O)[C@@H]2N1C(=O)C1CC1. The van der Waals surface area contributed by atoms with Crippen LogP contribution in [-0.4, -0.2) is 49.0 Å². The van der Waals surface area contributed by atoms with Gasteiger partial charge in [0.05, 0.1) is 6.04 Å². The molecule has 5 heterocycles. The first-order chi connectivity index (χ1) is 17.6. The van der Waals surface area contributed by atoms with Crippen LogP contribution in [0, 0.1) is 17.8 Å². The first kappa shape index (κ1) is 22.6. The molecule has 2 aliphatic heterocycles. The molecule has 2 fully saturated rings. The zero-order valence-electron chi connectivity index (χ0n) is 19.7. The second kappa shape index (κ2) is 8.98. The highest BCUT2D eigenvalue weighted by molar-refractivity contribution is 5.91. The van der Waals surface area contributed by atoms with Crippen molar-refractivity contribution in [3.63, 3.8) is 0 Å². The molecule has 184 valence electrons. The third kappa shape index (κ3) is 3.71. The van der Waals surface area contributed by atoms with Crippen LogP contribution in [0.5, 0.6) is 0 Å². The maximum atomic E-state index is 13.5. The Bertz CT molecular complexity index is 1360. The summed E-state index contributed by atoms with van der Waals surface area (Å²) in [5, 5.41) is 13.4. The number of amides is 2. The Hall–Kier alpha value is -3.85. The summed E-state index contributed by atoms with van der Waals surface area (Å²) in [5.74, 6) is -1.16. The molecule has 0 bridgehead atoms. The number of fused-ring (bicyclic) bond motifs is 3. The van der Waals surface area contributed by atoms with Crippen molar-refractivity contribution in [2.24, 2.45) is 17.8 Å². The minimum Gasteiger partial charge on any atom is -0.396 e. The molecule has 1 aliphatic carbocycles. The molecule has 3 aromatic rings. The molecule has 0 unspecified atom stereocenters. The summed E-state index contributed by atoms with van der Waals surface area (Å²) in [6, 6.07) is 9.71. The van der Waals surface area contributed by atoms with E-state index in [0.29, 0.717) is 18.7 Å². The van der Waals surface area contributed by atoms with Crippen LogP contribution >= 0.6 is 0 Å². The number of hydrogen-bond donors (Lipinski definition) is 2. The first-order valence-electron chi connectivity index (χ1n) is 12.3. The fourth-order valence-corrected chi connectivity index (χ4v) is 5.81. The molecular weight excluding hydrogens is 458 g/mol. The monoisotopic (exact) mass is 485 g/mol. The molecule has 9 nitrogen and oxygen atoms in total. The Kier molecular flexibility index (Phi) is 5.64. The van der Waals surface area contributed by atoms with Gasteiger partial charge in [0.2, 0.25) is 11.8 Å². The highest BCUT2D eigenvalue weighted by Gasteiger charge is 2.58. The number of aliphatic hydroxyl groups is 1. The highest BCUT2D eigenvalue weighted by Crippen LogP contribution is 2.51. The number of pyridine rings is 3. The zero-order valence-corrected chi connectivity index (χ0v) is 19.7. The molecule has 6 rings (SSSR count). The summed E-state index contributed by atoms with van der Waals surface area (Å²) in [4.78, 5) is 50.3. The van der Waals surface area contributed by atoms with Gasteiger partial charge in [0.1, 0.15) is 6.04 Å². The highest BCUT2D eigenvalue weighted by atomic mass is 16.3. The largest absolute Gasteiger partial charge is 0.396 e. The second-order valence-electron chi connectivity index (χ2n) is 9.82. The van der Waals surface area contributed by atoms with Crippen LogP contribution in [-0.2, 0) is 22.7 Å². The molecule has 3 aliphatic rings. The number of hydrogen-bond acceptors (Lipinski definition) is 6. The van der Waals surface area contributed by atoms with Gasteiger partial charge in [0.25, 0.3) is 5.56 Å². The predicted octanol–water partition coefficient (Wildman–Crippen LogP) is 1.52. The molecule has 2 amide bonds. The molecule has 1 saturated heterocycles. The van der Waals surface area contributed by atoms with Gasteiger partial charge in [-0.25, -0.2) is 0 Å². The first-order valence-corrected chi connectivity index (χ1v) is 12.3. The average molecular weight is 486 g/mol. The van der Waals surface area contributed by atoms with E-state index in [2.05, 4.69) is 15.3 Å². The Morgan fingerprint density at radius 2 is 1.86 bits per heavy atom. The lowest BCUT2D eigenvalue weighted by Crippen LogP contribution is -2.50. The lowest BCUT2D eigenvalue weighted by molar-refractivity contribution is -0.142. The molecule has 2 N–H and O–H groups in total. The summed E-state index contributed by atoms with van der Waals surface area (Å²) in [5.41, 5.74) is 2.74. The Morgan fingerprint density at radius 1 is 1.06 bits per heavy atom. The summed E-state index contributed by atoms with van der Waals surface area (Å²) in [7, 11) is 0. The van der Waals surface area contributed by atoms with Crippen molar-refractivity contribution in [1.29, 1.82) is 0 Å². The maximum absolute atomic E-state index is 13.5. The van der Waals surface area contributed by atoms with E-state index in [1.807, 2.05) is 24.3 Å². The van der Waals surface area contributed by atoms with E-state index >= 15 is 0 Å².